The second kappa shape index (κ2) is 3.27. The van der Waals surface area contributed by atoms with Crippen molar-refractivity contribution in [2.75, 3.05) is 14.1 Å². The highest BCUT2D eigenvalue weighted by Crippen LogP contribution is 2.54. The number of rotatable bonds is 1. The van der Waals surface area contributed by atoms with E-state index in [9.17, 15) is 0 Å². The van der Waals surface area contributed by atoms with Crippen LogP contribution in [0.2, 0.25) is 0 Å². The van der Waals surface area contributed by atoms with E-state index in [1.165, 1.54) is 38.5 Å². The summed E-state index contributed by atoms with van der Waals surface area (Å²) < 4.78 is 0. The molecule has 1 spiro atoms. The van der Waals surface area contributed by atoms with Crippen LogP contribution in [-0.4, -0.2) is 25.0 Å². The van der Waals surface area contributed by atoms with Crippen molar-refractivity contribution in [1.82, 2.24) is 4.90 Å². The molecule has 0 radical (unpaired) electrons. The molecule has 76 valence electrons. The third kappa shape index (κ3) is 1.76. The highest BCUT2D eigenvalue weighted by molar-refractivity contribution is 4.96. The predicted molar refractivity (Wildman–Crippen MR) is 56.8 cm³/mol. The van der Waals surface area contributed by atoms with Crippen LogP contribution in [0.3, 0.4) is 0 Å². The highest BCUT2D eigenvalue weighted by atomic mass is 15.1. The lowest BCUT2D eigenvalue weighted by Crippen LogP contribution is -2.43. The van der Waals surface area contributed by atoms with Gasteiger partial charge < -0.3 is 4.90 Å². The maximum atomic E-state index is 2.41. The lowest BCUT2D eigenvalue weighted by molar-refractivity contribution is 0.00216. The Balaban J connectivity index is 1.83. The third-order valence-electron chi connectivity index (χ3n) is 4.31. The van der Waals surface area contributed by atoms with Crippen molar-refractivity contribution in [1.29, 1.82) is 0 Å². The smallest absolute Gasteiger partial charge is 0.00895 e. The summed E-state index contributed by atoms with van der Waals surface area (Å²) >= 11 is 0. The molecule has 0 amide bonds. The lowest BCUT2D eigenvalue weighted by atomic mass is 9.56. The minimum absolute atomic E-state index is 0.811. The van der Waals surface area contributed by atoms with Crippen LogP contribution in [-0.2, 0) is 0 Å². The molecule has 2 aliphatic rings. The molecule has 2 rings (SSSR count). The average molecular weight is 181 g/mol. The zero-order chi connectivity index (χ0) is 9.47. The third-order valence-corrected chi connectivity index (χ3v) is 4.31. The Bertz CT molecular complexity index is 170. The number of nitrogens with zero attached hydrogens (tertiary/aromatic N) is 1. The molecular weight excluding hydrogens is 158 g/mol. The quantitative estimate of drug-likeness (QED) is 0.601. The molecule has 2 fully saturated rings. The van der Waals surface area contributed by atoms with Crippen LogP contribution < -0.4 is 0 Å². The fourth-order valence-electron chi connectivity index (χ4n) is 3.56. The molecule has 0 aromatic carbocycles. The first-order chi connectivity index (χ1) is 6.11. The van der Waals surface area contributed by atoms with Gasteiger partial charge in [-0.25, -0.2) is 0 Å². The van der Waals surface area contributed by atoms with Crippen LogP contribution in [0.5, 0.6) is 0 Å². The average Bonchev–Trinajstić information content (AvgIpc) is 2.03. The van der Waals surface area contributed by atoms with Crippen LogP contribution in [0.25, 0.3) is 0 Å². The van der Waals surface area contributed by atoms with Crippen molar-refractivity contribution in [2.24, 2.45) is 11.3 Å². The topological polar surface area (TPSA) is 3.24 Å². The SMILES string of the molecule is CC1CC2(CCC(N(C)C)CC2)C1. The fourth-order valence-corrected chi connectivity index (χ4v) is 3.56. The van der Waals surface area contributed by atoms with E-state index < -0.39 is 0 Å². The Morgan fingerprint density at radius 1 is 1.08 bits per heavy atom. The van der Waals surface area contributed by atoms with Gasteiger partial charge in [-0.1, -0.05) is 6.92 Å². The summed E-state index contributed by atoms with van der Waals surface area (Å²) in [5, 5.41) is 0. The van der Waals surface area contributed by atoms with Gasteiger partial charge in [-0.3, -0.25) is 0 Å². The van der Waals surface area contributed by atoms with Gasteiger partial charge in [0.05, 0.1) is 0 Å². The van der Waals surface area contributed by atoms with Crippen molar-refractivity contribution in [2.45, 2.75) is 51.5 Å². The molecule has 0 N–H and O–H groups in total. The van der Waals surface area contributed by atoms with E-state index in [1.54, 1.807) is 0 Å². The van der Waals surface area contributed by atoms with Crippen molar-refractivity contribution >= 4 is 0 Å². The van der Waals surface area contributed by atoms with Crippen LogP contribution >= 0.6 is 0 Å². The Morgan fingerprint density at radius 3 is 2.00 bits per heavy atom. The summed E-state index contributed by atoms with van der Waals surface area (Å²) in [7, 11) is 4.46. The zero-order valence-corrected chi connectivity index (χ0v) is 9.34. The minimum atomic E-state index is 0.811. The summed E-state index contributed by atoms with van der Waals surface area (Å²) in [6.45, 7) is 2.41. The minimum Gasteiger partial charge on any atom is -0.306 e. The Hall–Kier alpha value is -0.0400. The van der Waals surface area contributed by atoms with Crippen LogP contribution in [0.4, 0.5) is 0 Å². The Morgan fingerprint density at radius 2 is 1.62 bits per heavy atom. The van der Waals surface area contributed by atoms with Crippen LogP contribution in [0.15, 0.2) is 0 Å². The molecule has 0 unspecified atom stereocenters. The second-order valence-electron chi connectivity index (χ2n) is 5.71. The molecule has 0 bridgehead atoms. The van der Waals surface area contributed by atoms with E-state index in [4.69, 9.17) is 0 Å². The van der Waals surface area contributed by atoms with Gasteiger partial charge in [0.1, 0.15) is 0 Å². The molecule has 0 aliphatic heterocycles. The summed E-state index contributed by atoms with van der Waals surface area (Å²) in [5.41, 5.74) is 0.811. The molecule has 0 atom stereocenters. The first-order valence-corrected chi connectivity index (χ1v) is 5.78. The number of hydrogen-bond donors (Lipinski definition) is 0. The lowest BCUT2D eigenvalue weighted by Gasteiger charge is -2.51. The molecule has 0 saturated heterocycles. The molecule has 0 aromatic rings. The van der Waals surface area contributed by atoms with Gasteiger partial charge in [0.15, 0.2) is 0 Å². The summed E-state index contributed by atoms with van der Waals surface area (Å²) in [4.78, 5) is 2.41. The van der Waals surface area contributed by atoms with E-state index >= 15 is 0 Å². The maximum absolute atomic E-state index is 2.41. The van der Waals surface area contributed by atoms with Crippen molar-refractivity contribution in [3.8, 4) is 0 Å². The maximum Gasteiger partial charge on any atom is 0.00895 e. The van der Waals surface area contributed by atoms with Crippen LogP contribution in [0, 0.1) is 11.3 Å². The monoisotopic (exact) mass is 181 g/mol. The van der Waals surface area contributed by atoms with Gasteiger partial charge in [-0.15, -0.1) is 0 Å². The van der Waals surface area contributed by atoms with E-state index in [0.29, 0.717) is 0 Å². The van der Waals surface area contributed by atoms with Gasteiger partial charge in [-0.05, 0) is 64.0 Å². The predicted octanol–water partition coefficient (Wildman–Crippen LogP) is 2.91. The molecule has 0 heterocycles. The van der Waals surface area contributed by atoms with Gasteiger partial charge in [0.25, 0.3) is 0 Å². The van der Waals surface area contributed by atoms with E-state index in [2.05, 4.69) is 25.9 Å². The molecule has 1 nitrogen and oxygen atoms in total. The summed E-state index contributed by atoms with van der Waals surface area (Å²) in [6, 6.07) is 0.876. The van der Waals surface area contributed by atoms with Gasteiger partial charge in [-0.2, -0.15) is 0 Å². The molecule has 0 aromatic heterocycles. The van der Waals surface area contributed by atoms with E-state index in [1.807, 2.05) is 0 Å². The van der Waals surface area contributed by atoms with Crippen LogP contribution in [0.1, 0.15) is 45.4 Å². The van der Waals surface area contributed by atoms with E-state index in [-0.39, 0.29) is 0 Å². The summed E-state index contributed by atoms with van der Waals surface area (Å²) in [6.07, 6.45) is 8.93. The second-order valence-corrected chi connectivity index (χ2v) is 5.71. The Labute approximate surface area is 82.5 Å². The molecule has 2 saturated carbocycles. The fraction of sp³-hybridized carbons (Fsp3) is 1.00. The van der Waals surface area contributed by atoms with Crippen molar-refractivity contribution < 1.29 is 0 Å². The van der Waals surface area contributed by atoms with Crippen molar-refractivity contribution in [3.05, 3.63) is 0 Å². The zero-order valence-electron chi connectivity index (χ0n) is 9.34. The van der Waals surface area contributed by atoms with E-state index in [0.717, 1.165) is 17.4 Å². The standard InChI is InChI=1S/C12H23N/c1-10-8-12(9-10)6-4-11(5-7-12)13(2)3/h10-11H,4-9H2,1-3H3. The molecule has 1 heteroatoms. The first kappa shape index (κ1) is 9.51. The Kier molecular flexibility index (Phi) is 2.39. The van der Waals surface area contributed by atoms with Gasteiger partial charge in [0, 0.05) is 6.04 Å². The molecule has 13 heavy (non-hydrogen) atoms. The number of hydrogen-bond acceptors (Lipinski definition) is 1. The summed E-state index contributed by atoms with van der Waals surface area (Å²) in [5.74, 6) is 1.02. The first-order valence-electron chi connectivity index (χ1n) is 5.78. The van der Waals surface area contributed by atoms with Gasteiger partial charge in [0.2, 0.25) is 0 Å². The highest BCUT2D eigenvalue weighted by Gasteiger charge is 2.44. The largest absolute Gasteiger partial charge is 0.306 e. The normalized spacial score (nSPS) is 45.2. The molecule has 2 aliphatic carbocycles. The van der Waals surface area contributed by atoms with Gasteiger partial charge >= 0.3 is 0 Å². The molecular formula is C12H23N. The van der Waals surface area contributed by atoms with Crippen molar-refractivity contribution in [3.63, 3.8) is 0 Å².